The van der Waals surface area contributed by atoms with Crippen molar-refractivity contribution in [1.82, 2.24) is 0 Å². The first kappa shape index (κ1) is 13.8. The summed E-state index contributed by atoms with van der Waals surface area (Å²) in [5, 5.41) is 18.9. The Labute approximate surface area is 123 Å². The van der Waals surface area contributed by atoms with Gasteiger partial charge in [0.15, 0.2) is 0 Å². The van der Waals surface area contributed by atoms with Gasteiger partial charge in [-0.3, -0.25) is 4.79 Å². The number of carbonyl (C=O) groups is 2. The van der Waals surface area contributed by atoms with Crippen molar-refractivity contribution >= 4 is 11.8 Å². The van der Waals surface area contributed by atoms with Gasteiger partial charge in [-0.15, -0.1) is 5.75 Å². The fraction of sp³-hybridized carbons (Fsp3) is 0.111. The topological polar surface area (TPSA) is 77.4 Å². The summed E-state index contributed by atoms with van der Waals surface area (Å²) in [4.78, 5) is 20.9. The van der Waals surface area contributed by atoms with Crippen molar-refractivity contribution in [3.05, 3.63) is 29.8 Å². The second-order valence-electron chi connectivity index (χ2n) is 2.55. The molecule has 1 rings (SSSR count). The molecular formula is C9H7KO4. The quantitative estimate of drug-likeness (QED) is 0.432. The van der Waals surface area contributed by atoms with Crippen molar-refractivity contribution in [2.24, 2.45) is 0 Å². The van der Waals surface area contributed by atoms with Crippen LogP contribution >= 0.6 is 0 Å². The van der Waals surface area contributed by atoms with Crippen LogP contribution in [0.3, 0.4) is 0 Å². The molecule has 1 aromatic carbocycles. The van der Waals surface area contributed by atoms with Crippen LogP contribution in [0.2, 0.25) is 0 Å². The monoisotopic (exact) mass is 218 g/mol. The molecular weight excluding hydrogens is 211 g/mol. The third-order valence-electron chi connectivity index (χ3n) is 1.53. The average Bonchev–Trinajstić information content (AvgIpc) is 2.08. The summed E-state index contributed by atoms with van der Waals surface area (Å²) < 4.78 is 0. The molecule has 0 aliphatic rings. The van der Waals surface area contributed by atoms with Crippen molar-refractivity contribution in [3.8, 4) is 5.75 Å². The Hall–Kier alpha value is -0.204. The molecule has 0 aliphatic carbocycles. The zero-order valence-electron chi connectivity index (χ0n) is 7.69. The molecule has 0 unspecified atom stereocenters. The van der Waals surface area contributed by atoms with Crippen LogP contribution < -0.4 is 56.5 Å². The normalized spacial score (nSPS) is 8.86. The first-order valence-electron chi connectivity index (χ1n) is 3.61. The van der Waals surface area contributed by atoms with Gasteiger partial charge in [-0.05, 0) is 5.56 Å². The number of Topliss-reactive ketones (excluding diaryl/α,β-unsaturated/α-hetero) is 1. The number of aliphatic carboxylic acids is 1. The van der Waals surface area contributed by atoms with Gasteiger partial charge in [-0.2, -0.15) is 0 Å². The number of carbonyl (C=O) groups excluding carboxylic acids is 1. The maximum absolute atomic E-state index is 10.7. The Morgan fingerprint density at radius 2 is 1.71 bits per heavy atom. The average molecular weight is 218 g/mol. The summed E-state index contributed by atoms with van der Waals surface area (Å²) in [6.45, 7) is 0. The molecule has 1 aromatic rings. The van der Waals surface area contributed by atoms with E-state index in [1.54, 1.807) is 0 Å². The van der Waals surface area contributed by atoms with Crippen molar-refractivity contribution in [2.45, 2.75) is 6.42 Å². The summed E-state index contributed by atoms with van der Waals surface area (Å²) in [6.07, 6.45) is -0.171. The molecule has 4 nitrogen and oxygen atoms in total. The summed E-state index contributed by atoms with van der Waals surface area (Å²) >= 11 is 0. The molecule has 0 saturated heterocycles. The van der Waals surface area contributed by atoms with E-state index in [0.29, 0.717) is 5.56 Å². The predicted octanol–water partition coefficient (Wildman–Crippen LogP) is -3.04. The van der Waals surface area contributed by atoms with E-state index in [4.69, 9.17) is 5.11 Å². The molecule has 0 heterocycles. The SMILES string of the molecule is O=C(O)C(=O)Cc1ccc([O-])cc1.[K+]. The molecule has 0 aromatic heterocycles. The van der Waals surface area contributed by atoms with Crippen LogP contribution in [0, 0.1) is 0 Å². The van der Waals surface area contributed by atoms with Gasteiger partial charge < -0.3 is 10.2 Å². The summed E-state index contributed by atoms with van der Waals surface area (Å²) in [5.74, 6) is -2.49. The minimum Gasteiger partial charge on any atom is -0.872 e. The number of ketones is 1. The maximum Gasteiger partial charge on any atom is 1.00 e. The van der Waals surface area contributed by atoms with E-state index < -0.39 is 11.8 Å². The van der Waals surface area contributed by atoms with Gasteiger partial charge >= 0.3 is 57.4 Å². The van der Waals surface area contributed by atoms with E-state index in [1.165, 1.54) is 24.3 Å². The van der Waals surface area contributed by atoms with Crippen LogP contribution in [0.4, 0.5) is 0 Å². The van der Waals surface area contributed by atoms with Gasteiger partial charge in [0, 0.05) is 6.42 Å². The van der Waals surface area contributed by atoms with Gasteiger partial charge in [0.1, 0.15) is 0 Å². The minimum atomic E-state index is -1.45. The van der Waals surface area contributed by atoms with Gasteiger partial charge in [0.2, 0.25) is 5.78 Å². The molecule has 0 fully saturated rings. The molecule has 0 spiro atoms. The number of hydrogen-bond donors (Lipinski definition) is 1. The van der Waals surface area contributed by atoms with Crippen molar-refractivity contribution < 1.29 is 71.2 Å². The third-order valence-corrected chi connectivity index (χ3v) is 1.53. The summed E-state index contributed by atoms with van der Waals surface area (Å²) in [6, 6.07) is 5.49. The molecule has 68 valence electrons. The molecule has 5 heteroatoms. The van der Waals surface area contributed by atoms with Crippen LogP contribution in [-0.2, 0) is 16.0 Å². The Bertz CT molecular complexity index is 331. The second-order valence-corrected chi connectivity index (χ2v) is 2.55. The smallest absolute Gasteiger partial charge is 0.872 e. The van der Waals surface area contributed by atoms with Crippen LogP contribution in [0.1, 0.15) is 5.56 Å². The summed E-state index contributed by atoms with van der Waals surface area (Å²) in [5.41, 5.74) is 0.534. The van der Waals surface area contributed by atoms with Gasteiger partial charge in [0.05, 0.1) is 0 Å². The van der Waals surface area contributed by atoms with Crippen LogP contribution in [0.15, 0.2) is 24.3 Å². The molecule has 0 atom stereocenters. The van der Waals surface area contributed by atoms with Gasteiger partial charge in [0.25, 0.3) is 0 Å². The largest absolute Gasteiger partial charge is 1.00 e. The van der Waals surface area contributed by atoms with Gasteiger partial charge in [-0.25, -0.2) is 4.79 Å². The van der Waals surface area contributed by atoms with E-state index >= 15 is 0 Å². The first-order valence-corrected chi connectivity index (χ1v) is 3.61. The minimum absolute atomic E-state index is 0. The Morgan fingerprint density at radius 3 is 2.14 bits per heavy atom. The van der Waals surface area contributed by atoms with E-state index in [1.807, 2.05) is 0 Å². The number of rotatable bonds is 3. The molecule has 0 radical (unpaired) electrons. The molecule has 14 heavy (non-hydrogen) atoms. The van der Waals surface area contributed by atoms with Gasteiger partial charge in [-0.1, -0.05) is 24.3 Å². The Balaban J connectivity index is 0.00000169. The number of carboxylic acid groups (broad SMARTS) is 1. The standard InChI is InChI=1S/C9H8O4.K/c10-7-3-1-6(2-4-7)5-8(11)9(12)13;/h1-4,10H,5H2,(H,12,13);/q;+1/p-1. The molecule has 0 bridgehead atoms. The Kier molecular flexibility index (Phi) is 6.22. The maximum atomic E-state index is 10.7. The second kappa shape index (κ2) is 6.31. The van der Waals surface area contributed by atoms with E-state index in [2.05, 4.69) is 0 Å². The van der Waals surface area contributed by atoms with Crippen molar-refractivity contribution in [1.29, 1.82) is 0 Å². The van der Waals surface area contributed by atoms with E-state index in [-0.39, 0.29) is 63.6 Å². The van der Waals surface area contributed by atoms with E-state index in [0.717, 1.165) is 0 Å². The Morgan fingerprint density at radius 1 is 1.21 bits per heavy atom. The van der Waals surface area contributed by atoms with Crippen molar-refractivity contribution in [2.75, 3.05) is 0 Å². The number of benzene rings is 1. The van der Waals surface area contributed by atoms with Crippen LogP contribution in [-0.4, -0.2) is 16.9 Å². The number of carboxylic acids is 1. The summed E-state index contributed by atoms with van der Waals surface area (Å²) in [7, 11) is 0. The van der Waals surface area contributed by atoms with Crippen molar-refractivity contribution in [3.63, 3.8) is 0 Å². The third kappa shape index (κ3) is 4.34. The molecule has 0 amide bonds. The van der Waals surface area contributed by atoms with Crippen LogP contribution in [0.5, 0.6) is 5.75 Å². The zero-order chi connectivity index (χ0) is 9.84. The predicted molar refractivity (Wildman–Crippen MR) is 42.2 cm³/mol. The molecule has 1 N–H and O–H groups in total. The first-order chi connectivity index (χ1) is 6.09. The molecule has 0 saturated carbocycles. The zero-order valence-corrected chi connectivity index (χ0v) is 10.8. The van der Waals surface area contributed by atoms with E-state index in [9.17, 15) is 14.7 Å². The fourth-order valence-corrected chi connectivity index (χ4v) is 0.868. The fourth-order valence-electron chi connectivity index (χ4n) is 0.868. The number of hydrogen-bond acceptors (Lipinski definition) is 3. The van der Waals surface area contributed by atoms with Crippen LogP contribution in [0.25, 0.3) is 0 Å². The molecule has 0 aliphatic heterocycles.